The number of aliphatic hydroxyl groups excluding tert-OH is 1. The van der Waals surface area contributed by atoms with Gasteiger partial charge in [-0.05, 0) is 17.7 Å². The summed E-state index contributed by atoms with van der Waals surface area (Å²) in [5.74, 6) is -0.552. The molecule has 1 saturated heterocycles. The highest BCUT2D eigenvalue weighted by Gasteiger charge is 2.33. The smallest absolute Gasteiger partial charge is 0.150 e. The lowest BCUT2D eigenvalue weighted by molar-refractivity contribution is -0.0309. The fourth-order valence-corrected chi connectivity index (χ4v) is 3.71. The topological polar surface area (TPSA) is 75.6 Å². The average molecular weight is 368 g/mol. The van der Waals surface area contributed by atoms with Gasteiger partial charge in [0.1, 0.15) is 9.84 Å². The second kappa shape index (κ2) is 7.47. The molecule has 1 aliphatic heterocycles. The average Bonchev–Trinajstić information content (AvgIpc) is 2.65. The summed E-state index contributed by atoms with van der Waals surface area (Å²) in [5.41, 5.74) is 0.848. The molecular formula is C14H19Cl2NO4S. The third-order valence-electron chi connectivity index (χ3n) is 3.57. The molecule has 1 aromatic rings. The third kappa shape index (κ3) is 4.81. The summed E-state index contributed by atoms with van der Waals surface area (Å²) in [6, 6.07) is 5.23. The number of benzene rings is 1. The fourth-order valence-electron chi connectivity index (χ4n) is 2.59. The predicted octanol–water partition coefficient (Wildman–Crippen LogP) is 1.47. The molecule has 0 bridgehead atoms. The zero-order chi connectivity index (χ0) is 16.3. The Balaban J connectivity index is 2.29. The van der Waals surface area contributed by atoms with E-state index in [2.05, 4.69) is 5.32 Å². The lowest BCUT2D eigenvalue weighted by Gasteiger charge is -2.29. The minimum atomic E-state index is -3.30. The van der Waals surface area contributed by atoms with Crippen LogP contribution in [0.4, 0.5) is 0 Å². The predicted molar refractivity (Wildman–Crippen MR) is 87.5 cm³/mol. The second-order valence-corrected chi connectivity index (χ2v) is 8.48. The van der Waals surface area contributed by atoms with Crippen LogP contribution in [-0.2, 0) is 14.6 Å². The number of sulfone groups is 1. The van der Waals surface area contributed by atoms with Crippen molar-refractivity contribution in [2.75, 3.05) is 31.7 Å². The molecule has 1 aromatic carbocycles. The van der Waals surface area contributed by atoms with E-state index in [0.717, 1.165) is 11.8 Å². The van der Waals surface area contributed by atoms with E-state index in [4.69, 9.17) is 27.9 Å². The summed E-state index contributed by atoms with van der Waals surface area (Å²) in [6.45, 7) is 1.60. The Labute approximate surface area is 140 Å². The summed E-state index contributed by atoms with van der Waals surface area (Å²) in [5, 5.41) is 14.4. The van der Waals surface area contributed by atoms with Crippen LogP contribution in [-0.4, -0.2) is 57.4 Å². The van der Waals surface area contributed by atoms with Crippen LogP contribution >= 0.6 is 23.2 Å². The number of hydrogen-bond acceptors (Lipinski definition) is 5. The van der Waals surface area contributed by atoms with Crippen LogP contribution in [0.25, 0.3) is 0 Å². The molecule has 1 fully saturated rings. The summed E-state index contributed by atoms with van der Waals surface area (Å²) >= 11 is 12.0. The van der Waals surface area contributed by atoms with E-state index < -0.39 is 22.0 Å². The van der Waals surface area contributed by atoms with Crippen molar-refractivity contribution < 1.29 is 18.3 Å². The van der Waals surface area contributed by atoms with Crippen molar-refractivity contribution in [2.45, 2.75) is 18.1 Å². The van der Waals surface area contributed by atoms with Gasteiger partial charge >= 0.3 is 0 Å². The van der Waals surface area contributed by atoms with Crippen molar-refractivity contribution in [3.63, 3.8) is 0 Å². The van der Waals surface area contributed by atoms with Crippen LogP contribution in [0.5, 0.6) is 0 Å². The highest BCUT2D eigenvalue weighted by Crippen LogP contribution is 2.31. The highest BCUT2D eigenvalue weighted by molar-refractivity contribution is 7.90. The minimum Gasteiger partial charge on any atom is -0.389 e. The molecule has 5 nitrogen and oxygen atoms in total. The molecule has 8 heteroatoms. The van der Waals surface area contributed by atoms with Crippen molar-refractivity contribution >= 4 is 33.0 Å². The second-order valence-electron chi connectivity index (χ2n) is 5.48. The van der Waals surface area contributed by atoms with Gasteiger partial charge in [-0.15, -0.1) is 0 Å². The lowest BCUT2D eigenvalue weighted by atomic mass is 9.90. The molecule has 1 aliphatic rings. The van der Waals surface area contributed by atoms with Gasteiger partial charge in [-0.25, -0.2) is 8.42 Å². The van der Waals surface area contributed by atoms with E-state index in [0.29, 0.717) is 29.7 Å². The van der Waals surface area contributed by atoms with Gasteiger partial charge in [0.25, 0.3) is 0 Å². The monoisotopic (exact) mass is 367 g/mol. The maximum atomic E-state index is 11.4. The quantitative estimate of drug-likeness (QED) is 0.842. The largest absolute Gasteiger partial charge is 0.389 e. The number of aliphatic hydroxyl groups is 1. The molecule has 0 spiro atoms. The van der Waals surface area contributed by atoms with Gasteiger partial charge in [0.15, 0.2) is 0 Å². The molecule has 0 radical (unpaired) electrons. The zero-order valence-electron chi connectivity index (χ0n) is 12.1. The molecule has 0 unspecified atom stereocenters. The van der Waals surface area contributed by atoms with Crippen molar-refractivity contribution in [3.8, 4) is 0 Å². The molecule has 0 aromatic heterocycles. The standard InChI is InChI=1S/C14H19Cl2NO4S/c1-22(19,20)8-13(18)14-10(7-17-4-5-21-14)9-2-3-11(15)12(16)6-9/h2-3,6,10,13-14,17-18H,4-5,7-8H2,1H3/t10-,13-,14+/m1/s1. The number of rotatable bonds is 4. The Bertz CT molecular complexity index is 623. The molecular weight excluding hydrogens is 349 g/mol. The summed E-state index contributed by atoms with van der Waals surface area (Å²) < 4.78 is 28.6. The molecule has 124 valence electrons. The van der Waals surface area contributed by atoms with Gasteiger partial charge in [-0.2, -0.15) is 0 Å². The van der Waals surface area contributed by atoms with Crippen LogP contribution < -0.4 is 5.32 Å². The number of nitrogens with one attached hydrogen (secondary N) is 1. The Morgan fingerprint density at radius 2 is 2.14 bits per heavy atom. The normalized spacial score (nSPS) is 24.7. The van der Waals surface area contributed by atoms with Crippen molar-refractivity contribution in [2.24, 2.45) is 0 Å². The van der Waals surface area contributed by atoms with E-state index >= 15 is 0 Å². The third-order valence-corrected chi connectivity index (χ3v) is 5.26. The Morgan fingerprint density at radius 1 is 1.41 bits per heavy atom. The van der Waals surface area contributed by atoms with Crippen LogP contribution in [0.2, 0.25) is 10.0 Å². The number of ether oxygens (including phenoxy) is 1. The summed E-state index contributed by atoms with van der Waals surface area (Å²) in [4.78, 5) is 0. The Morgan fingerprint density at radius 3 is 2.77 bits per heavy atom. The van der Waals surface area contributed by atoms with Crippen molar-refractivity contribution in [1.29, 1.82) is 0 Å². The van der Waals surface area contributed by atoms with Gasteiger partial charge in [0.05, 0.1) is 34.6 Å². The van der Waals surface area contributed by atoms with Crippen LogP contribution in [0.15, 0.2) is 18.2 Å². The van der Waals surface area contributed by atoms with E-state index in [1.807, 2.05) is 6.07 Å². The van der Waals surface area contributed by atoms with Crippen LogP contribution in [0, 0.1) is 0 Å². The maximum absolute atomic E-state index is 11.4. The molecule has 22 heavy (non-hydrogen) atoms. The van der Waals surface area contributed by atoms with Gasteiger partial charge in [0, 0.05) is 25.3 Å². The number of hydrogen-bond donors (Lipinski definition) is 2. The number of halogens is 2. The van der Waals surface area contributed by atoms with Gasteiger partial charge in [-0.3, -0.25) is 0 Å². The van der Waals surface area contributed by atoms with E-state index in [1.165, 1.54) is 0 Å². The lowest BCUT2D eigenvalue weighted by Crippen LogP contribution is -2.40. The SMILES string of the molecule is CS(=O)(=O)C[C@@H](O)[C@H]1OCCNC[C@@H]1c1ccc(Cl)c(Cl)c1. The van der Waals surface area contributed by atoms with Gasteiger partial charge in [-0.1, -0.05) is 29.3 Å². The molecule has 0 amide bonds. The Kier molecular flexibility index (Phi) is 6.10. The first-order valence-electron chi connectivity index (χ1n) is 6.91. The molecule has 3 atom stereocenters. The molecule has 0 saturated carbocycles. The molecule has 2 rings (SSSR count). The van der Waals surface area contributed by atoms with Crippen molar-refractivity contribution in [1.82, 2.24) is 5.32 Å². The molecule has 2 N–H and O–H groups in total. The highest BCUT2D eigenvalue weighted by atomic mass is 35.5. The summed E-state index contributed by atoms with van der Waals surface area (Å²) in [6.07, 6.45) is -0.629. The summed E-state index contributed by atoms with van der Waals surface area (Å²) in [7, 11) is -3.30. The minimum absolute atomic E-state index is 0.214. The van der Waals surface area contributed by atoms with Gasteiger partial charge in [0.2, 0.25) is 0 Å². The van der Waals surface area contributed by atoms with Gasteiger partial charge < -0.3 is 15.2 Å². The first-order valence-corrected chi connectivity index (χ1v) is 9.72. The first-order chi connectivity index (χ1) is 10.3. The zero-order valence-corrected chi connectivity index (χ0v) is 14.5. The Hall–Kier alpha value is -0.370. The van der Waals surface area contributed by atoms with Crippen LogP contribution in [0.1, 0.15) is 11.5 Å². The van der Waals surface area contributed by atoms with E-state index in [1.54, 1.807) is 12.1 Å². The van der Waals surface area contributed by atoms with E-state index in [9.17, 15) is 13.5 Å². The van der Waals surface area contributed by atoms with Crippen molar-refractivity contribution in [3.05, 3.63) is 33.8 Å². The first kappa shape index (κ1) is 18.0. The van der Waals surface area contributed by atoms with Crippen LogP contribution in [0.3, 0.4) is 0 Å². The molecule has 0 aliphatic carbocycles. The fraction of sp³-hybridized carbons (Fsp3) is 0.571. The molecule has 1 heterocycles. The maximum Gasteiger partial charge on any atom is 0.150 e. The van der Waals surface area contributed by atoms with E-state index in [-0.39, 0.29) is 11.7 Å².